The molecule has 19 heavy (non-hydrogen) atoms. The monoisotopic (exact) mass is 262 g/mol. The molecular formula is C15H22N2O2. The first-order valence-electron chi connectivity index (χ1n) is 6.87. The highest BCUT2D eigenvalue weighted by Gasteiger charge is 2.38. The van der Waals surface area contributed by atoms with E-state index in [0.717, 1.165) is 25.9 Å². The van der Waals surface area contributed by atoms with Crippen LogP contribution in [-0.2, 0) is 9.53 Å². The lowest BCUT2D eigenvalue weighted by Gasteiger charge is -2.39. The Balaban J connectivity index is 1.97. The zero-order valence-corrected chi connectivity index (χ0v) is 11.7. The summed E-state index contributed by atoms with van der Waals surface area (Å²) >= 11 is 0. The van der Waals surface area contributed by atoms with Crippen LogP contribution in [0.15, 0.2) is 36.3 Å². The Morgan fingerprint density at radius 1 is 1.42 bits per heavy atom. The van der Waals surface area contributed by atoms with E-state index >= 15 is 0 Å². The maximum absolute atomic E-state index is 12.0. The minimum atomic E-state index is -0.324. The highest BCUT2D eigenvalue weighted by Crippen LogP contribution is 2.33. The second-order valence-corrected chi connectivity index (χ2v) is 5.22. The van der Waals surface area contributed by atoms with Gasteiger partial charge in [-0.05, 0) is 44.9 Å². The summed E-state index contributed by atoms with van der Waals surface area (Å²) in [6, 6.07) is 0. The van der Waals surface area contributed by atoms with Crippen molar-refractivity contribution in [3.63, 3.8) is 0 Å². The van der Waals surface area contributed by atoms with Crippen molar-refractivity contribution in [2.45, 2.75) is 26.7 Å². The summed E-state index contributed by atoms with van der Waals surface area (Å²) in [7, 11) is 0. The second-order valence-electron chi connectivity index (χ2n) is 5.22. The fourth-order valence-corrected chi connectivity index (χ4v) is 2.43. The first kappa shape index (κ1) is 13.7. The average molecular weight is 262 g/mol. The molecular weight excluding hydrogens is 240 g/mol. The van der Waals surface area contributed by atoms with Gasteiger partial charge in [-0.15, -0.1) is 0 Å². The van der Waals surface area contributed by atoms with E-state index in [9.17, 15) is 4.79 Å². The molecule has 2 heterocycles. The van der Waals surface area contributed by atoms with Gasteiger partial charge < -0.3 is 15.0 Å². The van der Waals surface area contributed by atoms with Crippen LogP contribution in [0, 0.1) is 5.41 Å². The van der Waals surface area contributed by atoms with Crippen molar-refractivity contribution in [2.24, 2.45) is 5.41 Å². The summed E-state index contributed by atoms with van der Waals surface area (Å²) in [5.74, 6) is -0.0541. The van der Waals surface area contributed by atoms with E-state index < -0.39 is 0 Å². The van der Waals surface area contributed by atoms with E-state index in [4.69, 9.17) is 4.74 Å². The predicted octanol–water partition coefficient (Wildman–Crippen LogP) is 2.17. The van der Waals surface area contributed by atoms with Crippen LogP contribution in [0.1, 0.15) is 26.7 Å². The summed E-state index contributed by atoms with van der Waals surface area (Å²) < 4.78 is 5.18. The first-order chi connectivity index (χ1) is 9.15. The highest BCUT2D eigenvalue weighted by atomic mass is 16.5. The number of hydrogen-bond donors (Lipinski definition) is 1. The molecule has 0 aromatic heterocycles. The molecule has 0 aliphatic carbocycles. The van der Waals surface area contributed by atoms with Crippen LogP contribution in [0.5, 0.6) is 0 Å². The standard InChI is InChI=1S/C15H22N2O2/c1-3-19-14(18)15(2)7-11-17(12-8-15)13-5-4-9-16-10-6-13/h4-6,9-10,16H,3,7-8,11-12H2,1-2H3. The number of carbonyl (C=O) groups excluding carboxylic acids is 1. The Morgan fingerprint density at radius 3 is 2.84 bits per heavy atom. The molecule has 1 fully saturated rings. The molecule has 2 rings (SSSR count). The summed E-state index contributed by atoms with van der Waals surface area (Å²) in [4.78, 5) is 14.3. The van der Waals surface area contributed by atoms with E-state index in [1.165, 1.54) is 5.70 Å². The van der Waals surface area contributed by atoms with E-state index in [1.54, 1.807) is 0 Å². The lowest BCUT2D eigenvalue weighted by Crippen LogP contribution is -2.42. The molecule has 1 N–H and O–H groups in total. The minimum absolute atomic E-state index is 0.0541. The number of ether oxygens (including phenoxy) is 1. The number of nitrogens with one attached hydrogen (secondary N) is 1. The largest absolute Gasteiger partial charge is 0.466 e. The molecule has 2 aliphatic rings. The molecule has 4 heteroatoms. The van der Waals surface area contributed by atoms with Crippen LogP contribution in [0.25, 0.3) is 0 Å². The quantitative estimate of drug-likeness (QED) is 0.791. The molecule has 0 saturated carbocycles. The zero-order chi connectivity index (χ0) is 13.7. The van der Waals surface area contributed by atoms with Gasteiger partial charge in [-0.1, -0.05) is 0 Å². The number of allylic oxidation sites excluding steroid dienone is 3. The van der Waals surface area contributed by atoms with Gasteiger partial charge in [-0.25, -0.2) is 0 Å². The van der Waals surface area contributed by atoms with Crippen molar-refractivity contribution < 1.29 is 9.53 Å². The van der Waals surface area contributed by atoms with Crippen LogP contribution in [0.3, 0.4) is 0 Å². The van der Waals surface area contributed by atoms with Crippen LogP contribution >= 0.6 is 0 Å². The second kappa shape index (κ2) is 5.95. The normalized spacial score (nSPS) is 21.4. The number of esters is 1. The van der Waals surface area contributed by atoms with Crippen LogP contribution in [0.2, 0.25) is 0 Å². The Kier molecular flexibility index (Phi) is 4.30. The molecule has 0 radical (unpaired) electrons. The predicted molar refractivity (Wildman–Crippen MR) is 75.0 cm³/mol. The van der Waals surface area contributed by atoms with Crippen molar-refractivity contribution in [3.05, 3.63) is 36.3 Å². The molecule has 0 atom stereocenters. The fourth-order valence-electron chi connectivity index (χ4n) is 2.43. The lowest BCUT2D eigenvalue weighted by atomic mass is 9.80. The summed E-state index contributed by atoms with van der Waals surface area (Å²) in [5.41, 5.74) is 0.863. The van der Waals surface area contributed by atoms with Gasteiger partial charge in [-0.3, -0.25) is 4.79 Å². The van der Waals surface area contributed by atoms with Crippen molar-refractivity contribution in [1.82, 2.24) is 10.2 Å². The van der Waals surface area contributed by atoms with Crippen LogP contribution < -0.4 is 5.32 Å². The molecule has 2 aliphatic heterocycles. The van der Waals surface area contributed by atoms with Gasteiger partial charge in [0.25, 0.3) is 0 Å². The molecule has 0 aromatic carbocycles. The Morgan fingerprint density at radius 2 is 2.16 bits per heavy atom. The van der Waals surface area contributed by atoms with E-state index in [2.05, 4.69) is 22.4 Å². The third kappa shape index (κ3) is 3.19. The van der Waals surface area contributed by atoms with Crippen molar-refractivity contribution in [1.29, 1.82) is 0 Å². The number of piperidine rings is 1. The maximum Gasteiger partial charge on any atom is 0.311 e. The highest BCUT2D eigenvalue weighted by molar-refractivity contribution is 5.76. The third-order valence-electron chi connectivity index (χ3n) is 3.81. The molecule has 0 bridgehead atoms. The fraction of sp³-hybridized carbons (Fsp3) is 0.533. The zero-order valence-electron chi connectivity index (χ0n) is 11.7. The maximum atomic E-state index is 12.0. The Bertz CT molecular complexity index is 416. The number of carbonyl (C=O) groups is 1. The van der Waals surface area contributed by atoms with Gasteiger partial charge >= 0.3 is 5.97 Å². The van der Waals surface area contributed by atoms with E-state index in [-0.39, 0.29) is 11.4 Å². The molecule has 0 aromatic rings. The smallest absolute Gasteiger partial charge is 0.311 e. The summed E-state index contributed by atoms with van der Waals surface area (Å²) in [6.07, 6.45) is 11.7. The van der Waals surface area contributed by atoms with E-state index in [0.29, 0.717) is 6.61 Å². The van der Waals surface area contributed by atoms with Crippen molar-refractivity contribution in [3.8, 4) is 0 Å². The third-order valence-corrected chi connectivity index (χ3v) is 3.81. The molecule has 104 valence electrons. The number of rotatable bonds is 3. The number of nitrogens with zero attached hydrogens (tertiary/aromatic N) is 1. The molecule has 0 amide bonds. The minimum Gasteiger partial charge on any atom is -0.466 e. The Hall–Kier alpha value is -1.71. The molecule has 0 spiro atoms. The summed E-state index contributed by atoms with van der Waals surface area (Å²) in [5, 5.41) is 3.05. The molecule has 4 nitrogen and oxygen atoms in total. The topological polar surface area (TPSA) is 41.6 Å². The molecule has 0 unspecified atom stereocenters. The van der Waals surface area contributed by atoms with Gasteiger partial charge in [-0.2, -0.15) is 0 Å². The van der Waals surface area contributed by atoms with Gasteiger partial charge in [0.1, 0.15) is 0 Å². The lowest BCUT2D eigenvalue weighted by molar-refractivity contribution is -0.156. The van der Waals surface area contributed by atoms with Gasteiger partial charge in [0.15, 0.2) is 0 Å². The SMILES string of the molecule is CCOC(=O)C1(C)CCN(C2=CC=CNC=C2)CC1. The number of likely N-dealkylation sites (tertiary alicyclic amines) is 1. The first-order valence-corrected chi connectivity index (χ1v) is 6.87. The van der Waals surface area contributed by atoms with Gasteiger partial charge in [0, 0.05) is 31.2 Å². The van der Waals surface area contributed by atoms with Crippen LogP contribution in [-0.4, -0.2) is 30.6 Å². The van der Waals surface area contributed by atoms with Crippen molar-refractivity contribution in [2.75, 3.05) is 19.7 Å². The van der Waals surface area contributed by atoms with Crippen molar-refractivity contribution >= 4 is 5.97 Å². The Labute approximate surface area is 114 Å². The van der Waals surface area contributed by atoms with Gasteiger partial charge in [0.2, 0.25) is 0 Å². The average Bonchev–Trinajstić information content (AvgIpc) is 2.69. The summed E-state index contributed by atoms with van der Waals surface area (Å²) in [6.45, 7) is 6.11. The van der Waals surface area contributed by atoms with Gasteiger partial charge in [0.05, 0.1) is 12.0 Å². The van der Waals surface area contributed by atoms with Crippen LogP contribution in [0.4, 0.5) is 0 Å². The molecule has 1 saturated heterocycles. The number of hydrogen-bond acceptors (Lipinski definition) is 4. The van der Waals surface area contributed by atoms with E-state index in [1.807, 2.05) is 32.3 Å².